The van der Waals surface area contributed by atoms with Crippen LogP contribution in [0, 0.1) is 0 Å². The van der Waals surface area contributed by atoms with Crippen LogP contribution >= 0.6 is 11.8 Å². The number of rotatable bonds is 10. The van der Waals surface area contributed by atoms with Gasteiger partial charge in [-0.15, -0.1) is 0 Å². The molecule has 41 heavy (non-hydrogen) atoms. The van der Waals surface area contributed by atoms with Crippen molar-refractivity contribution in [3.63, 3.8) is 0 Å². The van der Waals surface area contributed by atoms with E-state index in [1.54, 1.807) is 54.6 Å². The number of hydrogen-bond donors (Lipinski definition) is 4. The number of thioether (sulfide) groups is 1. The molecule has 0 aliphatic carbocycles. The minimum Gasteiger partial charge on any atom is -0.397 e. The van der Waals surface area contributed by atoms with Gasteiger partial charge in [0, 0.05) is 50.0 Å². The van der Waals surface area contributed by atoms with Gasteiger partial charge < -0.3 is 26.6 Å². The predicted molar refractivity (Wildman–Crippen MR) is 157 cm³/mol. The molecule has 1 aliphatic rings. The molecule has 0 saturated carbocycles. The standard InChI is InChI=1S/C29H31F3N6O2S/c30-29(31,32)22-10-11-25(35-19-22)37-28(40)27(34-13-14-38-15-17-41-18-16-38)21-8-5-20(6-9-21)7-12-26(39)36-24-4-2-1-3-23(24)33/h1-12,19,27,34H,13-18,33H2,(H,36,39)(H,35,37,40)/b12-7+. The quantitative estimate of drug-likeness (QED) is 0.203. The fourth-order valence-electron chi connectivity index (χ4n) is 4.14. The number of halogens is 3. The Hall–Kier alpha value is -3.87. The molecule has 0 bridgehead atoms. The first-order valence-corrected chi connectivity index (χ1v) is 14.2. The molecule has 0 spiro atoms. The summed E-state index contributed by atoms with van der Waals surface area (Å²) in [6.07, 6.45) is -0.799. The van der Waals surface area contributed by atoms with Gasteiger partial charge in [-0.3, -0.25) is 9.59 Å². The highest BCUT2D eigenvalue weighted by atomic mass is 32.2. The number of carbonyl (C=O) groups excluding carboxylic acids is 2. The molecule has 4 rings (SSSR count). The number of benzene rings is 2. The number of amides is 2. The lowest BCUT2D eigenvalue weighted by Gasteiger charge is -2.27. The van der Waals surface area contributed by atoms with Gasteiger partial charge in [0.1, 0.15) is 11.9 Å². The summed E-state index contributed by atoms with van der Waals surface area (Å²) in [5.41, 5.74) is 7.34. The second-order valence-electron chi connectivity index (χ2n) is 9.34. The summed E-state index contributed by atoms with van der Waals surface area (Å²) < 4.78 is 38.7. The zero-order chi connectivity index (χ0) is 29.2. The van der Waals surface area contributed by atoms with Crippen molar-refractivity contribution in [3.8, 4) is 0 Å². The van der Waals surface area contributed by atoms with E-state index in [9.17, 15) is 22.8 Å². The highest BCUT2D eigenvalue weighted by Crippen LogP contribution is 2.29. The lowest BCUT2D eigenvalue weighted by molar-refractivity contribution is -0.137. The normalized spacial score (nSPS) is 15.0. The van der Waals surface area contributed by atoms with Crippen molar-refractivity contribution in [1.82, 2.24) is 15.2 Å². The highest BCUT2D eigenvalue weighted by molar-refractivity contribution is 7.99. The first-order valence-electron chi connectivity index (χ1n) is 13.0. The molecule has 0 radical (unpaired) electrons. The molecule has 1 saturated heterocycles. The average molecular weight is 585 g/mol. The van der Waals surface area contributed by atoms with E-state index in [1.807, 2.05) is 11.8 Å². The Labute approximate surface area is 240 Å². The molecule has 1 unspecified atom stereocenters. The molecule has 1 aliphatic heterocycles. The molecule has 1 atom stereocenters. The predicted octanol–water partition coefficient (Wildman–Crippen LogP) is 4.65. The molecule has 1 aromatic heterocycles. The van der Waals surface area contributed by atoms with E-state index in [4.69, 9.17) is 5.73 Å². The minimum absolute atomic E-state index is 0.0208. The van der Waals surface area contributed by atoms with E-state index in [0.717, 1.165) is 48.8 Å². The maximum atomic E-state index is 13.2. The fourth-order valence-corrected chi connectivity index (χ4v) is 5.12. The molecule has 5 N–H and O–H groups in total. The van der Waals surface area contributed by atoms with Crippen LogP contribution in [-0.2, 0) is 15.8 Å². The zero-order valence-corrected chi connectivity index (χ0v) is 23.0. The molecular weight excluding hydrogens is 553 g/mol. The Morgan fingerprint density at radius 1 is 1.02 bits per heavy atom. The lowest BCUT2D eigenvalue weighted by atomic mass is 10.0. The summed E-state index contributed by atoms with van der Waals surface area (Å²) in [6.45, 7) is 3.24. The Morgan fingerprint density at radius 3 is 2.41 bits per heavy atom. The van der Waals surface area contributed by atoms with Gasteiger partial charge in [-0.25, -0.2) is 4.98 Å². The third-order valence-corrected chi connectivity index (χ3v) is 7.34. The van der Waals surface area contributed by atoms with E-state index < -0.39 is 23.7 Å². The van der Waals surface area contributed by atoms with Crippen molar-refractivity contribution >= 4 is 46.8 Å². The summed E-state index contributed by atoms with van der Waals surface area (Å²) in [7, 11) is 0. The SMILES string of the molecule is Nc1ccccc1NC(=O)/C=C/c1ccc(C(NCCN2CCSCC2)C(=O)Nc2ccc(C(F)(F)F)cn2)cc1. The fraction of sp³-hybridized carbons (Fsp3) is 0.276. The summed E-state index contributed by atoms with van der Waals surface area (Å²) in [6, 6.07) is 15.3. The number of pyridine rings is 1. The van der Waals surface area contributed by atoms with E-state index in [-0.39, 0.29) is 11.7 Å². The maximum absolute atomic E-state index is 13.2. The summed E-state index contributed by atoms with van der Waals surface area (Å²) >= 11 is 1.91. The number of anilines is 3. The molecule has 8 nitrogen and oxygen atoms in total. The van der Waals surface area contributed by atoms with Crippen LogP contribution in [0.25, 0.3) is 6.08 Å². The number of nitrogens with zero attached hydrogens (tertiary/aromatic N) is 2. The van der Waals surface area contributed by atoms with Crippen LogP contribution in [0.15, 0.2) is 72.9 Å². The number of nitrogens with two attached hydrogens (primary N) is 1. The largest absolute Gasteiger partial charge is 0.417 e. The van der Waals surface area contributed by atoms with Crippen LogP contribution in [-0.4, -0.2) is 59.4 Å². The van der Waals surface area contributed by atoms with Crippen LogP contribution < -0.4 is 21.7 Å². The van der Waals surface area contributed by atoms with Crippen molar-refractivity contribution in [2.45, 2.75) is 12.2 Å². The van der Waals surface area contributed by atoms with Gasteiger partial charge in [0.2, 0.25) is 11.8 Å². The summed E-state index contributed by atoms with van der Waals surface area (Å²) in [4.78, 5) is 31.6. The molecule has 2 heterocycles. The average Bonchev–Trinajstić information content (AvgIpc) is 2.96. The molecule has 2 aromatic carbocycles. The minimum atomic E-state index is -4.52. The topological polar surface area (TPSA) is 112 Å². The Kier molecular flexibility index (Phi) is 10.4. The number of carbonyl (C=O) groups is 2. The summed E-state index contributed by atoms with van der Waals surface area (Å²) in [5, 5.41) is 8.62. The highest BCUT2D eigenvalue weighted by Gasteiger charge is 2.31. The van der Waals surface area contributed by atoms with Gasteiger partial charge in [-0.05, 0) is 41.5 Å². The first-order chi connectivity index (χ1) is 19.7. The lowest BCUT2D eigenvalue weighted by Crippen LogP contribution is -2.41. The third kappa shape index (κ3) is 9.07. The summed E-state index contributed by atoms with van der Waals surface area (Å²) in [5.74, 6) is 1.36. The maximum Gasteiger partial charge on any atom is 0.417 e. The number of nitrogen functional groups attached to an aromatic ring is 1. The van der Waals surface area contributed by atoms with E-state index >= 15 is 0 Å². The van der Waals surface area contributed by atoms with Gasteiger partial charge in [0.25, 0.3) is 0 Å². The van der Waals surface area contributed by atoms with Crippen LogP contribution in [0.4, 0.5) is 30.4 Å². The molecule has 216 valence electrons. The van der Waals surface area contributed by atoms with Gasteiger partial charge >= 0.3 is 6.18 Å². The number of alkyl halides is 3. The molecule has 12 heteroatoms. The molecule has 3 aromatic rings. The van der Waals surface area contributed by atoms with Crippen molar-refractivity contribution in [2.24, 2.45) is 0 Å². The number of nitrogens with one attached hydrogen (secondary N) is 3. The van der Waals surface area contributed by atoms with E-state index in [1.165, 1.54) is 6.08 Å². The monoisotopic (exact) mass is 584 g/mol. The van der Waals surface area contributed by atoms with E-state index in [2.05, 4.69) is 25.8 Å². The van der Waals surface area contributed by atoms with Crippen molar-refractivity contribution in [3.05, 3.63) is 89.6 Å². The number of para-hydroxylation sites is 2. The Morgan fingerprint density at radius 2 is 1.76 bits per heavy atom. The van der Waals surface area contributed by atoms with Crippen molar-refractivity contribution < 1.29 is 22.8 Å². The van der Waals surface area contributed by atoms with Gasteiger partial charge in [0.05, 0.1) is 16.9 Å². The third-order valence-electron chi connectivity index (χ3n) is 6.40. The molecule has 1 fully saturated rings. The van der Waals surface area contributed by atoms with Crippen LogP contribution in [0.3, 0.4) is 0 Å². The Balaban J connectivity index is 1.43. The first kappa shape index (κ1) is 30.1. The van der Waals surface area contributed by atoms with Crippen LogP contribution in [0.2, 0.25) is 0 Å². The van der Waals surface area contributed by atoms with Gasteiger partial charge in [-0.2, -0.15) is 24.9 Å². The van der Waals surface area contributed by atoms with Crippen LogP contribution in [0.5, 0.6) is 0 Å². The van der Waals surface area contributed by atoms with Gasteiger partial charge in [0.15, 0.2) is 0 Å². The smallest absolute Gasteiger partial charge is 0.397 e. The zero-order valence-electron chi connectivity index (χ0n) is 22.2. The van der Waals surface area contributed by atoms with E-state index in [0.29, 0.717) is 29.7 Å². The van der Waals surface area contributed by atoms with Crippen molar-refractivity contribution in [1.29, 1.82) is 0 Å². The van der Waals surface area contributed by atoms with Crippen LogP contribution in [0.1, 0.15) is 22.7 Å². The second kappa shape index (κ2) is 14.2. The number of aromatic nitrogens is 1. The van der Waals surface area contributed by atoms with Crippen molar-refractivity contribution in [2.75, 3.05) is 54.1 Å². The molecule has 2 amide bonds. The number of hydrogen-bond acceptors (Lipinski definition) is 7. The second-order valence-corrected chi connectivity index (χ2v) is 10.6. The molecular formula is C29H31F3N6O2S. The Bertz CT molecular complexity index is 1340. The van der Waals surface area contributed by atoms with Gasteiger partial charge in [-0.1, -0.05) is 36.4 Å².